The standard InChI is InChI=1S/C20H32O3/c1-3-5-6-7-8-10-17(9-4-2)15-18-11-13-19(14-12-18)23-16-20(21)22/h11-14,17H,3-10,15-16H2,1-2H3,(H,21,22). The van der Waals surface area contributed by atoms with Gasteiger partial charge in [-0.1, -0.05) is 77.3 Å². The van der Waals surface area contributed by atoms with Crippen LogP contribution < -0.4 is 4.74 Å². The molecule has 0 fully saturated rings. The molecule has 1 unspecified atom stereocenters. The van der Waals surface area contributed by atoms with E-state index in [1.54, 1.807) is 0 Å². The maximum absolute atomic E-state index is 10.5. The van der Waals surface area contributed by atoms with Gasteiger partial charge in [0.05, 0.1) is 0 Å². The second-order valence-electron chi connectivity index (χ2n) is 6.39. The Labute approximate surface area is 141 Å². The molecule has 3 nitrogen and oxygen atoms in total. The van der Waals surface area contributed by atoms with Crippen LogP contribution in [-0.4, -0.2) is 17.7 Å². The Kier molecular flexibility index (Phi) is 10.2. The van der Waals surface area contributed by atoms with Gasteiger partial charge in [-0.05, 0) is 30.0 Å². The maximum Gasteiger partial charge on any atom is 0.341 e. The summed E-state index contributed by atoms with van der Waals surface area (Å²) in [6, 6.07) is 7.89. The number of hydrogen-bond acceptors (Lipinski definition) is 2. The highest BCUT2D eigenvalue weighted by Crippen LogP contribution is 2.22. The average molecular weight is 320 g/mol. The van der Waals surface area contributed by atoms with Gasteiger partial charge in [-0.15, -0.1) is 0 Å². The molecule has 0 aliphatic carbocycles. The van der Waals surface area contributed by atoms with Gasteiger partial charge in [0.1, 0.15) is 5.75 Å². The quantitative estimate of drug-likeness (QED) is 0.490. The zero-order valence-electron chi connectivity index (χ0n) is 14.7. The van der Waals surface area contributed by atoms with Crippen LogP contribution >= 0.6 is 0 Å². The number of rotatable bonds is 13. The first kappa shape index (κ1) is 19.5. The molecule has 0 aromatic heterocycles. The maximum atomic E-state index is 10.5. The van der Waals surface area contributed by atoms with Gasteiger partial charge in [-0.3, -0.25) is 0 Å². The van der Waals surface area contributed by atoms with Gasteiger partial charge in [0.15, 0.2) is 6.61 Å². The first-order valence-electron chi connectivity index (χ1n) is 9.09. The molecule has 0 aliphatic heterocycles. The van der Waals surface area contributed by atoms with Gasteiger partial charge >= 0.3 is 5.97 Å². The third-order valence-corrected chi connectivity index (χ3v) is 4.22. The van der Waals surface area contributed by atoms with E-state index in [0.717, 1.165) is 12.3 Å². The largest absolute Gasteiger partial charge is 0.482 e. The summed E-state index contributed by atoms with van der Waals surface area (Å²) in [5.74, 6) is 0.440. The van der Waals surface area contributed by atoms with E-state index in [1.165, 1.54) is 56.9 Å². The fourth-order valence-electron chi connectivity index (χ4n) is 2.99. The predicted octanol–water partition coefficient (Wildman–Crippen LogP) is 5.47. The molecule has 0 aliphatic rings. The summed E-state index contributed by atoms with van der Waals surface area (Å²) in [6.07, 6.45) is 11.7. The first-order chi connectivity index (χ1) is 11.2. The Bertz CT molecular complexity index is 425. The molecule has 0 radical (unpaired) electrons. The molecule has 1 N–H and O–H groups in total. The van der Waals surface area contributed by atoms with Crippen molar-refractivity contribution in [2.45, 2.75) is 71.6 Å². The summed E-state index contributed by atoms with van der Waals surface area (Å²) in [5, 5.41) is 8.62. The molecule has 0 saturated carbocycles. The van der Waals surface area contributed by atoms with E-state index in [9.17, 15) is 4.79 Å². The van der Waals surface area contributed by atoms with Gasteiger partial charge in [-0.25, -0.2) is 4.79 Å². The molecule has 23 heavy (non-hydrogen) atoms. The van der Waals surface area contributed by atoms with Crippen LogP contribution in [0, 0.1) is 5.92 Å². The number of carboxylic acid groups (broad SMARTS) is 1. The fraction of sp³-hybridized carbons (Fsp3) is 0.650. The lowest BCUT2D eigenvalue weighted by Crippen LogP contribution is -2.09. The Balaban J connectivity index is 2.40. The number of benzene rings is 1. The molecule has 1 aromatic rings. The minimum Gasteiger partial charge on any atom is -0.482 e. The highest BCUT2D eigenvalue weighted by Gasteiger charge is 2.09. The highest BCUT2D eigenvalue weighted by atomic mass is 16.5. The summed E-state index contributed by atoms with van der Waals surface area (Å²) in [7, 11) is 0. The Morgan fingerprint density at radius 3 is 2.30 bits per heavy atom. The minimum atomic E-state index is -0.944. The van der Waals surface area contributed by atoms with Crippen molar-refractivity contribution < 1.29 is 14.6 Å². The van der Waals surface area contributed by atoms with Crippen molar-refractivity contribution in [3.8, 4) is 5.75 Å². The SMILES string of the molecule is CCCCCCCC(CCC)Cc1ccc(OCC(=O)O)cc1. The normalized spacial score (nSPS) is 12.1. The number of hydrogen-bond donors (Lipinski definition) is 1. The molecule has 0 heterocycles. The van der Waals surface area contributed by atoms with Gasteiger partial charge in [0, 0.05) is 0 Å². The van der Waals surface area contributed by atoms with Gasteiger partial charge in [-0.2, -0.15) is 0 Å². The molecule has 130 valence electrons. The van der Waals surface area contributed by atoms with Crippen molar-refractivity contribution in [1.82, 2.24) is 0 Å². The molecule has 0 spiro atoms. The van der Waals surface area contributed by atoms with E-state index < -0.39 is 5.97 Å². The second-order valence-corrected chi connectivity index (χ2v) is 6.39. The summed E-state index contributed by atoms with van der Waals surface area (Å²) >= 11 is 0. The summed E-state index contributed by atoms with van der Waals surface area (Å²) in [5.41, 5.74) is 1.32. The van der Waals surface area contributed by atoms with Crippen LogP contribution in [0.1, 0.15) is 70.8 Å². The van der Waals surface area contributed by atoms with Crippen molar-refractivity contribution in [3.63, 3.8) is 0 Å². The Morgan fingerprint density at radius 1 is 1.00 bits per heavy atom. The predicted molar refractivity (Wildman–Crippen MR) is 95.1 cm³/mol. The average Bonchev–Trinajstić information content (AvgIpc) is 2.54. The van der Waals surface area contributed by atoms with Crippen LogP contribution in [0.3, 0.4) is 0 Å². The Hall–Kier alpha value is -1.51. The summed E-state index contributed by atoms with van der Waals surface area (Å²) in [6.45, 7) is 4.23. The third-order valence-electron chi connectivity index (χ3n) is 4.22. The zero-order chi connectivity index (χ0) is 16.9. The lowest BCUT2D eigenvalue weighted by Gasteiger charge is -2.16. The molecule has 1 rings (SSSR count). The van der Waals surface area contributed by atoms with Crippen LogP contribution in [0.4, 0.5) is 0 Å². The van der Waals surface area contributed by atoms with Crippen LogP contribution in [0.2, 0.25) is 0 Å². The molecular weight excluding hydrogens is 288 g/mol. The van der Waals surface area contributed by atoms with E-state index in [-0.39, 0.29) is 6.61 Å². The molecular formula is C20H32O3. The smallest absolute Gasteiger partial charge is 0.341 e. The number of carbonyl (C=O) groups is 1. The van der Waals surface area contributed by atoms with Crippen LogP contribution in [0.15, 0.2) is 24.3 Å². The van der Waals surface area contributed by atoms with Crippen LogP contribution in [-0.2, 0) is 11.2 Å². The fourth-order valence-corrected chi connectivity index (χ4v) is 2.99. The van der Waals surface area contributed by atoms with Gasteiger partial charge < -0.3 is 9.84 Å². The molecule has 1 aromatic carbocycles. The molecule has 0 saturated heterocycles. The lowest BCUT2D eigenvalue weighted by atomic mass is 9.90. The monoisotopic (exact) mass is 320 g/mol. The van der Waals surface area contributed by atoms with Crippen molar-refractivity contribution in [3.05, 3.63) is 29.8 Å². The van der Waals surface area contributed by atoms with Crippen molar-refractivity contribution in [2.24, 2.45) is 5.92 Å². The Morgan fingerprint density at radius 2 is 1.70 bits per heavy atom. The second kappa shape index (κ2) is 12.0. The van der Waals surface area contributed by atoms with Crippen molar-refractivity contribution in [2.75, 3.05) is 6.61 Å². The highest BCUT2D eigenvalue weighted by molar-refractivity contribution is 5.68. The van der Waals surface area contributed by atoms with E-state index in [2.05, 4.69) is 26.0 Å². The number of unbranched alkanes of at least 4 members (excludes halogenated alkanes) is 4. The number of carboxylic acids is 1. The first-order valence-corrected chi connectivity index (χ1v) is 9.09. The molecule has 0 amide bonds. The minimum absolute atomic E-state index is 0.282. The van der Waals surface area contributed by atoms with Gasteiger partial charge in [0.2, 0.25) is 0 Å². The molecule has 0 bridgehead atoms. The molecule has 1 atom stereocenters. The number of aliphatic carboxylic acids is 1. The van der Waals surface area contributed by atoms with E-state index in [0.29, 0.717) is 5.75 Å². The lowest BCUT2D eigenvalue weighted by molar-refractivity contribution is -0.139. The van der Waals surface area contributed by atoms with E-state index in [1.807, 2.05) is 12.1 Å². The number of ether oxygens (including phenoxy) is 1. The zero-order valence-corrected chi connectivity index (χ0v) is 14.7. The van der Waals surface area contributed by atoms with Crippen LogP contribution in [0.5, 0.6) is 5.75 Å². The summed E-state index contributed by atoms with van der Waals surface area (Å²) < 4.78 is 5.18. The van der Waals surface area contributed by atoms with Gasteiger partial charge in [0.25, 0.3) is 0 Å². The third kappa shape index (κ3) is 9.27. The summed E-state index contributed by atoms with van der Waals surface area (Å²) in [4.78, 5) is 10.5. The van der Waals surface area contributed by atoms with Crippen LogP contribution in [0.25, 0.3) is 0 Å². The topological polar surface area (TPSA) is 46.5 Å². The van der Waals surface area contributed by atoms with Crippen molar-refractivity contribution >= 4 is 5.97 Å². The van der Waals surface area contributed by atoms with Crippen molar-refractivity contribution in [1.29, 1.82) is 0 Å². The molecule has 3 heteroatoms. The van der Waals surface area contributed by atoms with E-state index in [4.69, 9.17) is 9.84 Å². The van der Waals surface area contributed by atoms with E-state index >= 15 is 0 Å².